The fraction of sp³-hybridized carbons (Fsp3) is 0.125. The summed E-state index contributed by atoms with van der Waals surface area (Å²) >= 11 is 0. The molecule has 0 spiro atoms. The molecular weight excluding hydrogens is 142 g/mol. The van der Waals surface area contributed by atoms with Crippen molar-refractivity contribution in [1.29, 1.82) is 0 Å². The van der Waals surface area contributed by atoms with Crippen molar-refractivity contribution >= 4 is 5.97 Å². The van der Waals surface area contributed by atoms with Gasteiger partial charge in [0.1, 0.15) is 6.73 Å². The molecule has 0 amide bonds. The molecule has 0 aromatic heterocycles. The summed E-state index contributed by atoms with van der Waals surface area (Å²) in [6.45, 7) is -0.0896. The lowest BCUT2D eigenvalue weighted by atomic mass is 10.2. The first-order valence-corrected chi connectivity index (χ1v) is 3.18. The first kappa shape index (κ1) is 7.75. The Labute approximate surface area is 64.8 Å². The molecule has 0 fully saturated rings. The van der Waals surface area contributed by atoms with Crippen molar-refractivity contribution < 1.29 is 9.53 Å². The van der Waals surface area contributed by atoms with Crippen molar-refractivity contribution in [2.24, 2.45) is 5.73 Å². The Morgan fingerprint density at radius 3 is 3.09 bits per heavy atom. The molecule has 0 heterocycles. The number of carbonyl (C=O) groups excluding carboxylic acids is 1. The lowest BCUT2D eigenvalue weighted by Gasteiger charge is -1.98. The Bertz CT molecular complexity index is 233. The molecule has 0 aliphatic rings. The van der Waals surface area contributed by atoms with Crippen molar-refractivity contribution in [2.45, 2.75) is 0 Å². The average Bonchev–Trinajstić information content (AvgIpc) is 2.07. The minimum atomic E-state index is -0.413. The van der Waals surface area contributed by atoms with Gasteiger partial charge in [0, 0.05) is 0 Å². The van der Waals surface area contributed by atoms with E-state index in [-0.39, 0.29) is 6.73 Å². The summed E-state index contributed by atoms with van der Waals surface area (Å²) in [5.41, 5.74) is 5.48. The lowest BCUT2D eigenvalue weighted by Crippen LogP contribution is -2.11. The molecule has 1 aromatic carbocycles. The van der Waals surface area contributed by atoms with Gasteiger partial charge < -0.3 is 4.74 Å². The molecule has 0 aliphatic heterocycles. The molecule has 1 rings (SSSR count). The van der Waals surface area contributed by atoms with E-state index in [1.165, 1.54) is 0 Å². The average molecular weight is 150 g/mol. The van der Waals surface area contributed by atoms with Crippen LogP contribution in [0.25, 0.3) is 0 Å². The van der Waals surface area contributed by atoms with Crippen LogP contribution in [0.2, 0.25) is 0 Å². The maximum atomic E-state index is 10.9. The SMILES string of the molecule is NCOC(=O)c1c[c]ccc1. The molecule has 11 heavy (non-hydrogen) atoms. The molecule has 0 bridgehead atoms. The number of hydrogen-bond donors (Lipinski definition) is 1. The monoisotopic (exact) mass is 150 g/mol. The molecule has 1 aromatic rings. The second-order valence-electron chi connectivity index (χ2n) is 1.89. The van der Waals surface area contributed by atoms with Crippen LogP contribution in [0.3, 0.4) is 0 Å². The van der Waals surface area contributed by atoms with E-state index in [0.29, 0.717) is 5.56 Å². The van der Waals surface area contributed by atoms with E-state index in [0.717, 1.165) is 0 Å². The number of benzene rings is 1. The van der Waals surface area contributed by atoms with E-state index >= 15 is 0 Å². The first-order chi connectivity index (χ1) is 5.34. The van der Waals surface area contributed by atoms with Crippen LogP contribution in [0.5, 0.6) is 0 Å². The van der Waals surface area contributed by atoms with Gasteiger partial charge in [0.05, 0.1) is 5.56 Å². The maximum Gasteiger partial charge on any atom is 0.339 e. The number of ether oxygens (including phenoxy) is 1. The van der Waals surface area contributed by atoms with E-state index in [1.807, 2.05) is 0 Å². The minimum Gasteiger partial charge on any atom is -0.446 e. The van der Waals surface area contributed by atoms with Gasteiger partial charge in [-0.1, -0.05) is 12.1 Å². The summed E-state index contributed by atoms with van der Waals surface area (Å²) in [6.07, 6.45) is 0. The second kappa shape index (κ2) is 3.73. The number of rotatable bonds is 2. The standard InChI is InChI=1S/C8H8NO2/c9-6-11-8(10)7-4-2-1-3-5-7/h1-2,4-5H,6,9H2. The third-order valence-electron chi connectivity index (χ3n) is 1.16. The van der Waals surface area contributed by atoms with Gasteiger partial charge in [-0.3, -0.25) is 5.73 Å². The molecule has 0 unspecified atom stereocenters. The van der Waals surface area contributed by atoms with E-state index < -0.39 is 5.97 Å². The highest BCUT2D eigenvalue weighted by Gasteiger charge is 2.02. The summed E-state index contributed by atoms with van der Waals surface area (Å²) in [6, 6.07) is 9.38. The quantitative estimate of drug-likeness (QED) is 0.495. The van der Waals surface area contributed by atoms with Gasteiger partial charge in [-0.25, -0.2) is 4.79 Å². The predicted molar refractivity (Wildman–Crippen MR) is 39.7 cm³/mol. The van der Waals surface area contributed by atoms with E-state index in [1.54, 1.807) is 24.3 Å². The van der Waals surface area contributed by atoms with Gasteiger partial charge in [-0.15, -0.1) is 0 Å². The van der Waals surface area contributed by atoms with Crippen molar-refractivity contribution in [3.8, 4) is 0 Å². The smallest absolute Gasteiger partial charge is 0.339 e. The van der Waals surface area contributed by atoms with Crippen LogP contribution in [-0.2, 0) is 4.74 Å². The van der Waals surface area contributed by atoms with E-state index in [2.05, 4.69) is 10.8 Å². The Morgan fingerprint density at radius 2 is 2.55 bits per heavy atom. The molecule has 2 N–H and O–H groups in total. The molecule has 0 atom stereocenters. The first-order valence-electron chi connectivity index (χ1n) is 3.18. The van der Waals surface area contributed by atoms with Gasteiger partial charge >= 0.3 is 5.97 Å². The molecule has 57 valence electrons. The number of esters is 1. The molecule has 0 aliphatic carbocycles. The predicted octanol–water partition coefficient (Wildman–Crippen LogP) is 0.560. The molecule has 0 saturated carbocycles. The lowest BCUT2D eigenvalue weighted by molar-refractivity contribution is 0.0515. The Hall–Kier alpha value is -1.35. The Kier molecular flexibility index (Phi) is 2.63. The molecule has 3 nitrogen and oxygen atoms in total. The zero-order valence-corrected chi connectivity index (χ0v) is 5.91. The largest absolute Gasteiger partial charge is 0.446 e. The van der Waals surface area contributed by atoms with Crippen molar-refractivity contribution in [2.75, 3.05) is 6.73 Å². The number of nitrogens with two attached hydrogens (primary N) is 1. The third-order valence-corrected chi connectivity index (χ3v) is 1.16. The summed E-state index contributed by atoms with van der Waals surface area (Å²) < 4.78 is 4.55. The van der Waals surface area contributed by atoms with Gasteiger partial charge in [-0.05, 0) is 18.2 Å². The van der Waals surface area contributed by atoms with Crippen LogP contribution in [-0.4, -0.2) is 12.7 Å². The Balaban J connectivity index is 2.69. The van der Waals surface area contributed by atoms with Crippen LogP contribution in [0.4, 0.5) is 0 Å². The zero-order valence-electron chi connectivity index (χ0n) is 5.91. The topological polar surface area (TPSA) is 52.3 Å². The van der Waals surface area contributed by atoms with Crippen LogP contribution in [0.1, 0.15) is 10.4 Å². The summed E-state index contributed by atoms with van der Waals surface area (Å²) in [4.78, 5) is 10.9. The normalized spacial score (nSPS) is 9.18. The summed E-state index contributed by atoms with van der Waals surface area (Å²) in [5.74, 6) is -0.413. The van der Waals surface area contributed by atoms with E-state index in [9.17, 15) is 4.79 Å². The second-order valence-corrected chi connectivity index (χ2v) is 1.89. The molecule has 3 heteroatoms. The zero-order chi connectivity index (χ0) is 8.10. The minimum absolute atomic E-state index is 0.0896. The fourth-order valence-corrected chi connectivity index (χ4v) is 0.679. The van der Waals surface area contributed by atoms with Gasteiger partial charge in [0.2, 0.25) is 0 Å². The molecular formula is C8H8NO2. The van der Waals surface area contributed by atoms with Gasteiger partial charge in [0.15, 0.2) is 0 Å². The van der Waals surface area contributed by atoms with Crippen molar-refractivity contribution in [3.63, 3.8) is 0 Å². The maximum absolute atomic E-state index is 10.9. The summed E-state index contributed by atoms with van der Waals surface area (Å²) in [5, 5.41) is 0. The van der Waals surface area contributed by atoms with Crippen LogP contribution >= 0.6 is 0 Å². The molecule has 1 radical (unpaired) electrons. The van der Waals surface area contributed by atoms with Crippen molar-refractivity contribution in [1.82, 2.24) is 0 Å². The van der Waals surface area contributed by atoms with Crippen LogP contribution in [0, 0.1) is 6.07 Å². The highest BCUT2D eigenvalue weighted by atomic mass is 16.5. The highest BCUT2D eigenvalue weighted by Crippen LogP contribution is 1.98. The van der Waals surface area contributed by atoms with Crippen molar-refractivity contribution in [3.05, 3.63) is 35.9 Å². The van der Waals surface area contributed by atoms with Gasteiger partial charge in [-0.2, -0.15) is 0 Å². The van der Waals surface area contributed by atoms with E-state index in [4.69, 9.17) is 5.73 Å². The summed E-state index contributed by atoms with van der Waals surface area (Å²) in [7, 11) is 0. The molecule has 0 saturated heterocycles. The van der Waals surface area contributed by atoms with Gasteiger partial charge in [0.25, 0.3) is 0 Å². The van der Waals surface area contributed by atoms with Crippen LogP contribution < -0.4 is 5.73 Å². The number of hydrogen-bond acceptors (Lipinski definition) is 3. The van der Waals surface area contributed by atoms with Crippen LogP contribution in [0.15, 0.2) is 24.3 Å². The third kappa shape index (κ3) is 2.05. The Morgan fingerprint density at radius 1 is 1.73 bits per heavy atom. The highest BCUT2D eigenvalue weighted by molar-refractivity contribution is 5.89. The number of carbonyl (C=O) groups is 1. The fourth-order valence-electron chi connectivity index (χ4n) is 0.679.